The van der Waals surface area contributed by atoms with Crippen LogP contribution >= 0.6 is 0 Å². The summed E-state index contributed by atoms with van der Waals surface area (Å²) >= 11 is 0. The zero-order chi connectivity index (χ0) is 10.7. The second kappa shape index (κ2) is 4.92. The topological polar surface area (TPSA) is 53.6 Å². The molecule has 0 saturated carbocycles. The van der Waals surface area contributed by atoms with E-state index in [1.165, 1.54) is 6.92 Å². The molecular formula is C10H19N3O2. The van der Waals surface area contributed by atoms with Crippen molar-refractivity contribution < 1.29 is 9.53 Å². The monoisotopic (exact) mass is 213 g/mol. The molecule has 0 aromatic carbocycles. The van der Waals surface area contributed by atoms with Crippen molar-refractivity contribution in [2.45, 2.75) is 19.1 Å². The number of nitrogens with zero attached hydrogens (tertiary/aromatic N) is 1. The van der Waals surface area contributed by atoms with Gasteiger partial charge in [0.1, 0.15) is 6.10 Å². The van der Waals surface area contributed by atoms with Crippen molar-refractivity contribution in [3.05, 3.63) is 0 Å². The third-order valence-corrected chi connectivity index (χ3v) is 3.07. The van der Waals surface area contributed by atoms with Gasteiger partial charge < -0.3 is 15.4 Å². The molecule has 0 bridgehead atoms. The van der Waals surface area contributed by atoms with Crippen LogP contribution in [0.5, 0.6) is 0 Å². The van der Waals surface area contributed by atoms with E-state index in [1.807, 2.05) is 0 Å². The van der Waals surface area contributed by atoms with E-state index in [0.717, 1.165) is 39.3 Å². The summed E-state index contributed by atoms with van der Waals surface area (Å²) in [4.78, 5) is 13.4. The van der Waals surface area contributed by atoms with Crippen LogP contribution in [0.15, 0.2) is 0 Å². The zero-order valence-corrected chi connectivity index (χ0v) is 9.16. The van der Waals surface area contributed by atoms with Gasteiger partial charge >= 0.3 is 5.97 Å². The zero-order valence-electron chi connectivity index (χ0n) is 9.16. The minimum absolute atomic E-state index is 0.0283. The van der Waals surface area contributed by atoms with Crippen LogP contribution in [0.3, 0.4) is 0 Å². The molecule has 0 unspecified atom stereocenters. The van der Waals surface area contributed by atoms with Crippen LogP contribution in [-0.4, -0.2) is 62.3 Å². The predicted octanol–water partition coefficient (Wildman–Crippen LogP) is -1.20. The highest BCUT2D eigenvalue weighted by Gasteiger charge is 2.34. The van der Waals surface area contributed by atoms with Crippen molar-refractivity contribution in [1.29, 1.82) is 0 Å². The quantitative estimate of drug-likeness (QED) is 0.564. The fourth-order valence-electron chi connectivity index (χ4n) is 2.35. The molecule has 2 rings (SSSR count). The highest BCUT2D eigenvalue weighted by atomic mass is 16.5. The lowest BCUT2D eigenvalue weighted by Crippen LogP contribution is -2.53. The van der Waals surface area contributed by atoms with Gasteiger partial charge in [0.05, 0.1) is 6.04 Å². The lowest BCUT2D eigenvalue weighted by atomic mass is 10.1. The number of ether oxygens (including phenoxy) is 1. The Balaban J connectivity index is 1.91. The first-order valence-corrected chi connectivity index (χ1v) is 5.60. The second-order valence-electron chi connectivity index (χ2n) is 4.16. The molecule has 2 aliphatic heterocycles. The van der Waals surface area contributed by atoms with Gasteiger partial charge in [-0.15, -0.1) is 0 Å². The molecule has 0 aliphatic carbocycles. The summed E-state index contributed by atoms with van der Waals surface area (Å²) < 4.78 is 5.31. The van der Waals surface area contributed by atoms with Crippen LogP contribution in [0.2, 0.25) is 0 Å². The van der Waals surface area contributed by atoms with Gasteiger partial charge in [0.25, 0.3) is 0 Å². The molecule has 2 saturated heterocycles. The number of hydrogen-bond donors (Lipinski definition) is 2. The summed E-state index contributed by atoms with van der Waals surface area (Å²) in [6, 6.07) is 0.357. The largest absolute Gasteiger partial charge is 0.459 e. The minimum atomic E-state index is -0.177. The molecule has 2 aliphatic rings. The smallest absolute Gasteiger partial charge is 0.303 e. The molecule has 0 spiro atoms. The van der Waals surface area contributed by atoms with Gasteiger partial charge in [-0.2, -0.15) is 0 Å². The molecule has 0 radical (unpaired) electrons. The van der Waals surface area contributed by atoms with E-state index in [1.54, 1.807) is 0 Å². The van der Waals surface area contributed by atoms with Crippen LogP contribution in [0.1, 0.15) is 6.92 Å². The molecule has 2 atom stereocenters. The van der Waals surface area contributed by atoms with Crippen molar-refractivity contribution in [3.63, 3.8) is 0 Å². The molecule has 0 amide bonds. The van der Waals surface area contributed by atoms with Crippen LogP contribution in [0.25, 0.3) is 0 Å². The molecule has 2 N–H and O–H groups in total. The molecule has 5 nitrogen and oxygen atoms in total. The van der Waals surface area contributed by atoms with Gasteiger partial charge in [-0.25, -0.2) is 0 Å². The fourth-order valence-corrected chi connectivity index (χ4v) is 2.35. The molecule has 0 aromatic rings. The first-order chi connectivity index (χ1) is 7.27. The van der Waals surface area contributed by atoms with Crippen molar-refractivity contribution in [2.24, 2.45) is 0 Å². The summed E-state index contributed by atoms with van der Waals surface area (Å²) in [5.74, 6) is -0.177. The Labute approximate surface area is 90.1 Å². The summed E-state index contributed by atoms with van der Waals surface area (Å²) in [5, 5.41) is 6.61. The lowest BCUT2D eigenvalue weighted by molar-refractivity contribution is -0.147. The number of piperazine rings is 1. The van der Waals surface area contributed by atoms with Crippen molar-refractivity contribution in [1.82, 2.24) is 15.5 Å². The number of nitrogens with one attached hydrogen (secondary N) is 2. The van der Waals surface area contributed by atoms with E-state index >= 15 is 0 Å². The van der Waals surface area contributed by atoms with Gasteiger partial charge in [0, 0.05) is 46.2 Å². The first-order valence-electron chi connectivity index (χ1n) is 5.60. The summed E-state index contributed by atoms with van der Waals surface area (Å²) in [7, 11) is 0. The average Bonchev–Trinajstić information content (AvgIpc) is 2.66. The van der Waals surface area contributed by atoms with Gasteiger partial charge in [0.2, 0.25) is 0 Å². The molecule has 86 valence electrons. The molecule has 15 heavy (non-hydrogen) atoms. The van der Waals surface area contributed by atoms with Crippen molar-refractivity contribution >= 4 is 5.97 Å². The number of esters is 1. The first kappa shape index (κ1) is 10.9. The minimum Gasteiger partial charge on any atom is -0.459 e. The van der Waals surface area contributed by atoms with Gasteiger partial charge in [0.15, 0.2) is 0 Å². The third-order valence-electron chi connectivity index (χ3n) is 3.07. The van der Waals surface area contributed by atoms with E-state index in [2.05, 4.69) is 15.5 Å². The highest BCUT2D eigenvalue weighted by molar-refractivity contribution is 5.66. The number of carbonyl (C=O) groups is 1. The van der Waals surface area contributed by atoms with Gasteiger partial charge in [-0.05, 0) is 0 Å². The molecular weight excluding hydrogens is 194 g/mol. The molecule has 0 aromatic heterocycles. The number of hydrogen-bond acceptors (Lipinski definition) is 5. The Morgan fingerprint density at radius 3 is 2.67 bits per heavy atom. The van der Waals surface area contributed by atoms with E-state index in [4.69, 9.17) is 4.74 Å². The van der Waals surface area contributed by atoms with Crippen molar-refractivity contribution in [2.75, 3.05) is 39.3 Å². The number of rotatable bonds is 2. The van der Waals surface area contributed by atoms with Gasteiger partial charge in [-0.3, -0.25) is 9.69 Å². The SMILES string of the molecule is CC(=O)O[C@@H]1CNC[C@H]1N1CCNCC1. The normalized spacial score (nSPS) is 32.9. The Morgan fingerprint density at radius 1 is 1.27 bits per heavy atom. The Morgan fingerprint density at radius 2 is 2.00 bits per heavy atom. The third kappa shape index (κ3) is 2.68. The maximum Gasteiger partial charge on any atom is 0.303 e. The highest BCUT2D eigenvalue weighted by Crippen LogP contribution is 2.13. The lowest BCUT2D eigenvalue weighted by Gasteiger charge is -2.34. The van der Waals surface area contributed by atoms with Crippen LogP contribution in [0, 0.1) is 0 Å². The Hall–Kier alpha value is -0.650. The van der Waals surface area contributed by atoms with E-state index < -0.39 is 0 Å². The summed E-state index contributed by atoms with van der Waals surface area (Å²) in [5.41, 5.74) is 0. The summed E-state index contributed by atoms with van der Waals surface area (Å²) in [6.45, 7) is 7.35. The van der Waals surface area contributed by atoms with Crippen LogP contribution < -0.4 is 10.6 Å². The summed E-state index contributed by atoms with van der Waals surface area (Å²) in [6.07, 6.45) is 0.0283. The Bertz CT molecular complexity index is 229. The Kier molecular flexibility index (Phi) is 3.56. The van der Waals surface area contributed by atoms with Crippen LogP contribution in [0.4, 0.5) is 0 Å². The molecule has 2 heterocycles. The second-order valence-corrected chi connectivity index (χ2v) is 4.16. The van der Waals surface area contributed by atoms with Crippen LogP contribution in [-0.2, 0) is 9.53 Å². The standard InChI is InChI=1S/C10H19N3O2/c1-8(14)15-10-7-12-6-9(10)13-4-2-11-3-5-13/h9-12H,2-7H2,1H3/t9-,10-/m1/s1. The molecule has 2 fully saturated rings. The maximum atomic E-state index is 10.9. The molecule has 5 heteroatoms. The van der Waals surface area contributed by atoms with E-state index in [-0.39, 0.29) is 12.1 Å². The van der Waals surface area contributed by atoms with Gasteiger partial charge in [-0.1, -0.05) is 0 Å². The fraction of sp³-hybridized carbons (Fsp3) is 0.900. The van der Waals surface area contributed by atoms with E-state index in [9.17, 15) is 4.79 Å². The number of carbonyl (C=O) groups excluding carboxylic acids is 1. The van der Waals surface area contributed by atoms with E-state index in [0.29, 0.717) is 6.04 Å². The average molecular weight is 213 g/mol. The van der Waals surface area contributed by atoms with Crippen molar-refractivity contribution in [3.8, 4) is 0 Å². The maximum absolute atomic E-state index is 10.9. The predicted molar refractivity (Wildman–Crippen MR) is 56.7 cm³/mol.